The topological polar surface area (TPSA) is 9.23 Å². The fourth-order valence-corrected chi connectivity index (χ4v) is 1.56. The number of ether oxygens (including phenoxy) is 1. The third-order valence-corrected chi connectivity index (χ3v) is 2.45. The van der Waals surface area contributed by atoms with Gasteiger partial charge in [0.2, 0.25) is 0 Å². The molecular formula is C12H26O. The molecule has 1 nitrogen and oxygen atoms in total. The van der Waals surface area contributed by atoms with E-state index in [2.05, 4.69) is 41.5 Å². The van der Waals surface area contributed by atoms with Gasteiger partial charge in [0.05, 0.1) is 0 Å². The zero-order valence-electron chi connectivity index (χ0n) is 10.4. The van der Waals surface area contributed by atoms with E-state index in [9.17, 15) is 0 Å². The molecule has 1 atom stereocenters. The Balaban J connectivity index is 4.27. The van der Waals surface area contributed by atoms with Crippen molar-refractivity contribution in [2.75, 3.05) is 13.7 Å². The van der Waals surface area contributed by atoms with Crippen LogP contribution in [0.5, 0.6) is 0 Å². The van der Waals surface area contributed by atoms with Crippen molar-refractivity contribution in [1.29, 1.82) is 0 Å². The van der Waals surface area contributed by atoms with Gasteiger partial charge in [0.25, 0.3) is 0 Å². The molecule has 0 aromatic carbocycles. The quantitative estimate of drug-likeness (QED) is 0.652. The summed E-state index contributed by atoms with van der Waals surface area (Å²) in [6.07, 6.45) is 1.23. The lowest BCUT2D eigenvalue weighted by atomic mass is 9.72. The third kappa shape index (κ3) is 6.09. The summed E-state index contributed by atoms with van der Waals surface area (Å²) in [5.74, 6) is 0.650. The highest BCUT2D eigenvalue weighted by atomic mass is 16.5. The van der Waals surface area contributed by atoms with E-state index in [1.807, 2.05) is 0 Å². The van der Waals surface area contributed by atoms with E-state index in [1.54, 1.807) is 7.11 Å². The minimum Gasteiger partial charge on any atom is -0.384 e. The molecule has 0 bridgehead atoms. The van der Waals surface area contributed by atoms with Gasteiger partial charge in [0.1, 0.15) is 0 Å². The molecule has 0 aliphatic carbocycles. The second kappa shape index (κ2) is 4.45. The highest BCUT2D eigenvalue weighted by Crippen LogP contribution is 2.35. The van der Waals surface area contributed by atoms with Gasteiger partial charge in [-0.2, -0.15) is 0 Å². The SMILES string of the molecule is COCC(CC(C)(C)C)C(C)(C)C. The van der Waals surface area contributed by atoms with Gasteiger partial charge in [-0.25, -0.2) is 0 Å². The van der Waals surface area contributed by atoms with Crippen LogP contribution in [0.4, 0.5) is 0 Å². The number of rotatable bonds is 3. The van der Waals surface area contributed by atoms with Crippen molar-refractivity contribution in [2.45, 2.75) is 48.0 Å². The van der Waals surface area contributed by atoms with Crippen LogP contribution < -0.4 is 0 Å². The Bertz CT molecular complexity index is 136. The normalized spacial score (nSPS) is 15.9. The molecule has 0 spiro atoms. The van der Waals surface area contributed by atoms with Gasteiger partial charge in [-0.1, -0.05) is 41.5 Å². The maximum Gasteiger partial charge on any atom is 0.0495 e. The lowest BCUT2D eigenvalue weighted by molar-refractivity contribution is 0.0616. The summed E-state index contributed by atoms with van der Waals surface area (Å²) in [6.45, 7) is 14.6. The fourth-order valence-electron chi connectivity index (χ4n) is 1.56. The minimum atomic E-state index is 0.350. The highest BCUT2D eigenvalue weighted by molar-refractivity contribution is 4.78. The second-order valence-corrected chi connectivity index (χ2v) is 6.28. The molecule has 0 rings (SSSR count). The van der Waals surface area contributed by atoms with E-state index in [4.69, 9.17) is 4.74 Å². The lowest BCUT2D eigenvalue weighted by Gasteiger charge is -2.35. The zero-order chi connectivity index (χ0) is 10.7. The molecule has 0 heterocycles. The number of hydrogen-bond donors (Lipinski definition) is 0. The zero-order valence-corrected chi connectivity index (χ0v) is 10.4. The molecular weight excluding hydrogens is 160 g/mol. The molecule has 80 valence electrons. The maximum atomic E-state index is 5.28. The van der Waals surface area contributed by atoms with Gasteiger partial charge in [-0.3, -0.25) is 0 Å². The van der Waals surface area contributed by atoms with Crippen LogP contribution in [-0.4, -0.2) is 13.7 Å². The predicted octanol–water partition coefficient (Wildman–Crippen LogP) is 3.73. The first-order valence-electron chi connectivity index (χ1n) is 5.16. The standard InChI is InChI=1S/C12H26O/c1-11(2,3)8-10(9-13-7)12(4,5)6/h10H,8-9H2,1-7H3. The van der Waals surface area contributed by atoms with Gasteiger partial charge < -0.3 is 4.74 Å². The first-order chi connectivity index (χ1) is 5.67. The van der Waals surface area contributed by atoms with Crippen molar-refractivity contribution >= 4 is 0 Å². The van der Waals surface area contributed by atoms with E-state index >= 15 is 0 Å². The summed E-state index contributed by atoms with van der Waals surface area (Å²) in [7, 11) is 1.79. The summed E-state index contributed by atoms with van der Waals surface area (Å²) in [5.41, 5.74) is 0.750. The van der Waals surface area contributed by atoms with Crippen molar-refractivity contribution in [1.82, 2.24) is 0 Å². The van der Waals surface area contributed by atoms with Gasteiger partial charge in [-0.15, -0.1) is 0 Å². The second-order valence-electron chi connectivity index (χ2n) is 6.28. The molecule has 1 heteroatoms. The molecule has 0 aromatic rings. The van der Waals surface area contributed by atoms with E-state index in [0.717, 1.165) is 6.61 Å². The van der Waals surface area contributed by atoms with E-state index in [-0.39, 0.29) is 0 Å². The third-order valence-electron chi connectivity index (χ3n) is 2.45. The first kappa shape index (κ1) is 13.0. The lowest BCUT2D eigenvalue weighted by Crippen LogP contribution is -2.29. The van der Waals surface area contributed by atoms with Crippen molar-refractivity contribution in [3.05, 3.63) is 0 Å². The van der Waals surface area contributed by atoms with Crippen LogP contribution in [0.25, 0.3) is 0 Å². The van der Waals surface area contributed by atoms with Gasteiger partial charge in [0, 0.05) is 13.7 Å². The Labute approximate surface area is 83.9 Å². The smallest absolute Gasteiger partial charge is 0.0495 e. The largest absolute Gasteiger partial charge is 0.384 e. The molecule has 0 amide bonds. The summed E-state index contributed by atoms with van der Waals surface area (Å²) in [6, 6.07) is 0. The van der Waals surface area contributed by atoms with Crippen LogP contribution in [0.1, 0.15) is 48.0 Å². The Kier molecular flexibility index (Phi) is 4.44. The van der Waals surface area contributed by atoms with Crippen molar-refractivity contribution in [3.63, 3.8) is 0 Å². The van der Waals surface area contributed by atoms with Gasteiger partial charge in [-0.05, 0) is 23.2 Å². The Morgan fingerprint density at radius 3 is 1.69 bits per heavy atom. The molecule has 0 N–H and O–H groups in total. The van der Waals surface area contributed by atoms with Crippen molar-refractivity contribution in [3.8, 4) is 0 Å². The monoisotopic (exact) mass is 186 g/mol. The highest BCUT2D eigenvalue weighted by Gasteiger charge is 2.28. The Hall–Kier alpha value is -0.0400. The van der Waals surface area contributed by atoms with E-state index in [0.29, 0.717) is 16.7 Å². The Morgan fingerprint density at radius 2 is 1.46 bits per heavy atom. The molecule has 0 aromatic heterocycles. The molecule has 0 fully saturated rings. The van der Waals surface area contributed by atoms with Crippen LogP contribution in [-0.2, 0) is 4.74 Å². The van der Waals surface area contributed by atoms with Crippen LogP contribution in [0.3, 0.4) is 0 Å². The van der Waals surface area contributed by atoms with Crippen molar-refractivity contribution < 1.29 is 4.74 Å². The number of methoxy groups -OCH3 is 1. The molecule has 0 saturated heterocycles. The molecule has 0 radical (unpaired) electrons. The van der Waals surface area contributed by atoms with E-state index in [1.165, 1.54) is 6.42 Å². The molecule has 13 heavy (non-hydrogen) atoms. The molecule has 0 aliphatic heterocycles. The van der Waals surface area contributed by atoms with Crippen molar-refractivity contribution in [2.24, 2.45) is 16.7 Å². The average Bonchev–Trinajstić information content (AvgIpc) is 1.81. The summed E-state index contributed by atoms with van der Waals surface area (Å²) in [4.78, 5) is 0. The van der Waals surface area contributed by atoms with Crippen LogP contribution in [0.15, 0.2) is 0 Å². The predicted molar refractivity (Wildman–Crippen MR) is 58.9 cm³/mol. The minimum absolute atomic E-state index is 0.350. The summed E-state index contributed by atoms with van der Waals surface area (Å²) in [5, 5.41) is 0. The first-order valence-corrected chi connectivity index (χ1v) is 5.16. The van der Waals surface area contributed by atoms with Crippen LogP contribution >= 0.6 is 0 Å². The van der Waals surface area contributed by atoms with Crippen LogP contribution in [0.2, 0.25) is 0 Å². The Morgan fingerprint density at radius 1 is 1.00 bits per heavy atom. The summed E-state index contributed by atoms with van der Waals surface area (Å²) < 4.78 is 5.28. The van der Waals surface area contributed by atoms with Gasteiger partial charge in [0.15, 0.2) is 0 Å². The summed E-state index contributed by atoms with van der Waals surface area (Å²) >= 11 is 0. The van der Waals surface area contributed by atoms with Crippen LogP contribution in [0, 0.1) is 16.7 Å². The van der Waals surface area contributed by atoms with Gasteiger partial charge >= 0.3 is 0 Å². The number of hydrogen-bond acceptors (Lipinski definition) is 1. The fraction of sp³-hybridized carbons (Fsp3) is 1.00. The molecule has 0 aliphatic rings. The maximum absolute atomic E-state index is 5.28. The van der Waals surface area contributed by atoms with E-state index < -0.39 is 0 Å². The molecule has 0 saturated carbocycles. The average molecular weight is 186 g/mol. The molecule has 1 unspecified atom stereocenters.